The molecule has 4 nitrogen and oxygen atoms in total. The summed E-state index contributed by atoms with van der Waals surface area (Å²) in [5.74, 6) is 0. The molecule has 0 aliphatic heterocycles. The molecule has 3 aromatic rings. The highest BCUT2D eigenvalue weighted by Crippen LogP contribution is 2.24. The first-order valence-corrected chi connectivity index (χ1v) is 6.75. The maximum absolute atomic E-state index is 4.28. The van der Waals surface area contributed by atoms with Gasteiger partial charge in [-0.2, -0.15) is 10.2 Å². The summed E-state index contributed by atoms with van der Waals surface area (Å²) in [7, 11) is 4.03. The van der Waals surface area contributed by atoms with Gasteiger partial charge in [-0.25, -0.2) is 0 Å². The minimum atomic E-state index is 0.826. The maximum atomic E-state index is 4.28. The van der Waals surface area contributed by atoms with Crippen LogP contribution >= 0.6 is 0 Å². The molecule has 0 saturated carbocycles. The van der Waals surface area contributed by atoms with Crippen LogP contribution in [0.15, 0.2) is 71.2 Å². The number of hydrogen-bond acceptors (Lipinski definition) is 4. The highest BCUT2D eigenvalue weighted by molar-refractivity contribution is 5.84. The van der Waals surface area contributed by atoms with Crippen LogP contribution in [0.1, 0.15) is 0 Å². The number of pyridine rings is 1. The molecular weight excluding hydrogens is 260 g/mol. The summed E-state index contributed by atoms with van der Waals surface area (Å²) < 4.78 is 0. The van der Waals surface area contributed by atoms with Gasteiger partial charge in [0.1, 0.15) is 0 Å². The lowest BCUT2D eigenvalue weighted by atomic mass is 10.2. The smallest absolute Gasteiger partial charge is 0.0864 e. The fourth-order valence-corrected chi connectivity index (χ4v) is 2.07. The molecule has 0 amide bonds. The van der Waals surface area contributed by atoms with Crippen LogP contribution < -0.4 is 4.90 Å². The van der Waals surface area contributed by atoms with Gasteiger partial charge in [0.25, 0.3) is 0 Å². The van der Waals surface area contributed by atoms with Crippen LogP contribution in [0.3, 0.4) is 0 Å². The van der Waals surface area contributed by atoms with Crippen LogP contribution in [0.5, 0.6) is 0 Å². The first-order chi connectivity index (χ1) is 10.2. The van der Waals surface area contributed by atoms with Crippen molar-refractivity contribution in [3.63, 3.8) is 0 Å². The van der Waals surface area contributed by atoms with E-state index in [2.05, 4.69) is 20.1 Å². The predicted molar refractivity (Wildman–Crippen MR) is 86.7 cm³/mol. The highest BCUT2D eigenvalue weighted by Gasteiger charge is 1.97. The van der Waals surface area contributed by atoms with E-state index in [0.717, 1.165) is 27.8 Å². The molecule has 0 atom stereocenters. The number of benzene rings is 2. The number of hydrogen-bond donors (Lipinski definition) is 0. The molecule has 0 aliphatic carbocycles. The Hall–Kier alpha value is -2.75. The number of nitrogens with zero attached hydrogens (tertiary/aromatic N) is 4. The van der Waals surface area contributed by atoms with Gasteiger partial charge in [-0.1, -0.05) is 6.07 Å². The molecule has 0 bridgehead atoms. The van der Waals surface area contributed by atoms with E-state index in [0.29, 0.717) is 0 Å². The van der Waals surface area contributed by atoms with E-state index in [4.69, 9.17) is 0 Å². The van der Waals surface area contributed by atoms with Gasteiger partial charge in [-0.05, 0) is 47.9 Å². The van der Waals surface area contributed by atoms with E-state index in [1.54, 1.807) is 6.20 Å². The molecule has 1 heterocycles. The van der Waals surface area contributed by atoms with Gasteiger partial charge in [0, 0.05) is 37.6 Å². The SMILES string of the molecule is CN(C)c1ccc(N=Nc2ccc3ccncc3c2)cc1. The van der Waals surface area contributed by atoms with Crippen LogP contribution in [0.2, 0.25) is 0 Å². The molecule has 0 radical (unpaired) electrons. The van der Waals surface area contributed by atoms with Crippen molar-refractivity contribution in [2.75, 3.05) is 19.0 Å². The molecule has 21 heavy (non-hydrogen) atoms. The van der Waals surface area contributed by atoms with Crippen molar-refractivity contribution in [3.05, 3.63) is 60.9 Å². The minimum Gasteiger partial charge on any atom is -0.378 e. The zero-order chi connectivity index (χ0) is 14.7. The standard InChI is InChI=1S/C17H16N4/c1-21(2)17-7-5-15(6-8-17)19-20-16-4-3-13-9-10-18-12-14(13)11-16/h3-12H,1-2H3. The van der Waals surface area contributed by atoms with E-state index < -0.39 is 0 Å². The first kappa shape index (κ1) is 13.2. The average Bonchev–Trinajstić information content (AvgIpc) is 2.53. The zero-order valence-corrected chi connectivity index (χ0v) is 12.1. The second kappa shape index (κ2) is 5.71. The number of azo groups is 1. The lowest BCUT2D eigenvalue weighted by molar-refractivity contribution is 1.13. The summed E-state index contributed by atoms with van der Waals surface area (Å²) in [6.07, 6.45) is 3.62. The van der Waals surface area contributed by atoms with Crippen molar-refractivity contribution in [2.45, 2.75) is 0 Å². The minimum absolute atomic E-state index is 0.826. The summed E-state index contributed by atoms with van der Waals surface area (Å²) >= 11 is 0. The molecule has 2 aromatic carbocycles. The predicted octanol–water partition coefficient (Wildman–Crippen LogP) is 4.72. The topological polar surface area (TPSA) is 40.9 Å². The van der Waals surface area contributed by atoms with Crippen molar-refractivity contribution in [1.29, 1.82) is 0 Å². The first-order valence-electron chi connectivity index (χ1n) is 6.75. The Morgan fingerprint density at radius 1 is 0.810 bits per heavy atom. The fraction of sp³-hybridized carbons (Fsp3) is 0.118. The molecule has 0 N–H and O–H groups in total. The molecule has 0 fully saturated rings. The van der Waals surface area contributed by atoms with Crippen LogP contribution in [0.25, 0.3) is 10.8 Å². The van der Waals surface area contributed by atoms with E-state index >= 15 is 0 Å². The molecule has 104 valence electrons. The van der Waals surface area contributed by atoms with Gasteiger partial charge in [0.15, 0.2) is 0 Å². The lowest BCUT2D eigenvalue weighted by Gasteiger charge is -2.11. The van der Waals surface area contributed by atoms with Crippen LogP contribution in [-0.4, -0.2) is 19.1 Å². The van der Waals surface area contributed by atoms with Crippen molar-refractivity contribution in [1.82, 2.24) is 4.98 Å². The Morgan fingerprint density at radius 3 is 2.29 bits per heavy atom. The molecule has 0 saturated heterocycles. The monoisotopic (exact) mass is 276 g/mol. The maximum Gasteiger partial charge on any atom is 0.0864 e. The average molecular weight is 276 g/mol. The van der Waals surface area contributed by atoms with Gasteiger partial charge >= 0.3 is 0 Å². The quantitative estimate of drug-likeness (QED) is 0.650. The second-order valence-corrected chi connectivity index (χ2v) is 5.02. The van der Waals surface area contributed by atoms with Crippen molar-refractivity contribution < 1.29 is 0 Å². The van der Waals surface area contributed by atoms with Crippen molar-refractivity contribution in [3.8, 4) is 0 Å². The highest BCUT2D eigenvalue weighted by atomic mass is 15.1. The third-order valence-corrected chi connectivity index (χ3v) is 3.27. The number of aromatic nitrogens is 1. The number of rotatable bonds is 3. The van der Waals surface area contributed by atoms with Crippen LogP contribution in [0, 0.1) is 0 Å². The summed E-state index contributed by atoms with van der Waals surface area (Å²) in [5, 5.41) is 10.8. The molecule has 0 aliphatic rings. The normalized spacial score (nSPS) is 11.1. The largest absolute Gasteiger partial charge is 0.378 e. The van der Waals surface area contributed by atoms with E-state index in [9.17, 15) is 0 Å². The summed E-state index contributed by atoms with van der Waals surface area (Å²) in [6, 6.07) is 15.9. The van der Waals surface area contributed by atoms with Crippen molar-refractivity contribution >= 4 is 27.8 Å². The molecule has 0 unspecified atom stereocenters. The van der Waals surface area contributed by atoms with Gasteiger partial charge in [-0.15, -0.1) is 0 Å². The zero-order valence-electron chi connectivity index (χ0n) is 12.1. The molecule has 4 heteroatoms. The van der Waals surface area contributed by atoms with E-state index in [-0.39, 0.29) is 0 Å². The molecule has 1 aromatic heterocycles. The Balaban J connectivity index is 1.83. The third kappa shape index (κ3) is 3.05. The van der Waals surface area contributed by atoms with Gasteiger partial charge < -0.3 is 4.90 Å². The van der Waals surface area contributed by atoms with E-state index in [1.807, 2.05) is 68.8 Å². The van der Waals surface area contributed by atoms with Crippen LogP contribution in [0.4, 0.5) is 17.1 Å². The summed E-state index contributed by atoms with van der Waals surface area (Å²) in [5.41, 5.74) is 2.81. The fourth-order valence-electron chi connectivity index (χ4n) is 2.07. The lowest BCUT2D eigenvalue weighted by Crippen LogP contribution is -2.07. The molecule has 3 rings (SSSR count). The molecular formula is C17H16N4. The van der Waals surface area contributed by atoms with Crippen LogP contribution in [-0.2, 0) is 0 Å². The Bertz CT molecular complexity index is 776. The van der Waals surface area contributed by atoms with Crippen molar-refractivity contribution in [2.24, 2.45) is 10.2 Å². The second-order valence-electron chi connectivity index (χ2n) is 5.02. The Labute approximate surface area is 123 Å². The Kier molecular flexibility index (Phi) is 3.60. The molecule has 0 spiro atoms. The summed E-state index contributed by atoms with van der Waals surface area (Å²) in [6.45, 7) is 0. The van der Waals surface area contributed by atoms with E-state index in [1.165, 1.54) is 0 Å². The van der Waals surface area contributed by atoms with Gasteiger partial charge in [0.2, 0.25) is 0 Å². The Morgan fingerprint density at radius 2 is 1.52 bits per heavy atom. The van der Waals surface area contributed by atoms with Gasteiger partial charge in [-0.3, -0.25) is 4.98 Å². The third-order valence-electron chi connectivity index (χ3n) is 3.27. The van der Waals surface area contributed by atoms with Gasteiger partial charge in [0.05, 0.1) is 11.4 Å². The summed E-state index contributed by atoms with van der Waals surface area (Å²) in [4.78, 5) is 6.17. The number of fused-ring (bicyclic) bond motifs is 1. The number of anilines is 1.